The maximum atomic E-state index is 11.4. The average molecular weight is 277 g/mol. The van der Waals surface area contributed by atoms with Crippen molar-refractivity contribution in [2.24, 2.45) is 0 Å². The molecule has 0 saturated carbocycles. The Bertz CT molecular complexity index is 490. The zero-order valence-electron chi connectivity index (χ0n) is 11.4. The summed E-state index contributed by atoms with van der Waals surface area (Å²) in [6.45, 7) is 3.08. The van der Waals surface area contributed by atoms with Crippen LogP contribution in [0.25, 0.3) is 0 Å². The number of carbonyl (C=O) groups is 1. The Morgan fingerprint density at radius 1 is 1.40 bits per heavy atom. The fourth-order valence-corrected chi connectivity index (χ4v) is 2.35. The fourth-order valence-electron chi connectivity index (χ4n) is 2.35. The van der Waals surface area contributed by atoms with Gasteiger partial charge < -0.3 is 10.2 Å². The number of hydrogen-bond donors (Lipinski definition) is 1. The van der Waals surface area contributed by atoms with Gasteiger partial charge in [0.15, 0.2) is 0 Å². The van der Waals surface area contributed by atoms with E-state index in [1.165, 1.54) is 6.07 Å². The molecule has 1 aliphatic heterocycles. The first kappa shape index (κ1) is 14.5. The van der Waals surface area contributed by atoms with E-state index >= 15 is 0 Å². The molecule has 1 amide bonds. The van der Waals surface area contributed by atoms with E-state index < -0.39 is 0 Å². The summed E-state index contributed by atoms with van der Waals surface area (Å²) in [5.41, 5.74) is 1.02. The summed E-state index contributed by atoms with van der Waals surface area (Å²) in [4.78, 5) is 23.6. The van der Waals surface area contributed by atoms with Gasteiger partial charge in [-0.15, -0.1) is 0 Å². The zero-order chi connectivity index (χ0) is 14.4. The Morgan fingerprint density at radius 2 is 2.25 bits per heavy atom. The summed E-state index contributed by atoms with van der Waals surface area (Å²) >= 11 is 0. The second-order valence-corrected chi connectivity index (χ2v) is 4.94. The summed E-state index contributed by atoms with van der Waals surface area (Å²) in [5.74, 6) is 0.253. The third kappa shape index (κ3) is 4.03. The van der Waals surface area contributed by atoms with Crippen LogP contribution in [0.3, 0.4) is 0 Å². The Hall–Kier alpha value is -1.95. The van der Waals surface area contributed by atoms with Crippen LogP contribution in [0, 0.1) is 10.1 Å². The Morgan fingerprint density at radius 3 is 2.95 bits per heavy atom. The first-order valence-electron chi connectivity index (χ1n) is 6.88. The van der Waals surface area contributed by atoms with Crippen molar-refractivity contribution in [3.63, 3.8) is 0 Å². The van der Waals surface area contributed by atoms with Crippen molar-refractivity contribution in [3.05, 3.63) is 39.9 Å². The lowest BCUT2D eigenvalue weighted by Gasteiger charge is -2.15. The molecule has 20 heavy (non-hydrogen) atoms. The van der Waals surface area contributed by atoms with Crippen LogP contribution in [0.4, 0.5) is 5.69 Å². The number of hydrogen-bond acceptors (Lipinski definition) is 4. The van der Waals surface area contributed by atoms with Crippen molar-refractivity contribution < 1.29 is 9.72 Å². The van der Waals surface area contributed by atoms with Gasteiger partial charge in [-0.2, -0.15) is 0 Å². The van der Waals surface area contributed by atoms with Gasteiger partial charge in [0, 0.05) is 38.2 Å². The van der Waals surface area contributed by atoms with Gasteiger partial charge in [-0.3, -0.25) is 14.9 Å². The van der Waals surface area contributed by atoms with Crippen LogP contribution in [0.1, 0.15) is 24.8 Å². The molecule has 1 aromatic carbocycles. The molecule has 1 saturated heterocycles. The Balaban J connectivity index is 1.67. The van der Waals surface area contributed by atoms with E-state index in [0.29, 0.717) is 13.0 Å². The highest BCUT2D eigenvalue weighted by Crippen LogP contribution is 2.13. The quantitative estimate of drug-likeness (QED) is 0.467. The van der Waals surface area contributed by atoms with Gasteiger partial charge in [0.25, 0.3) is 5.69 Å². The molecule has 108 valence electrons. The van der Waals surface area contributed by atoms with Crippen LogP contribution in [-0.4, -0.2) is 35.4 Å². The van der Waals surface area contributed by atoms with Crippen LogP contribution in [0.5, 0.6) is 0 Å². The first-order valence-corrected chi connectivity index (χ1v) is 6.88. The monoisotopic (exact) mass is 277 g/mol. The van der Waals surface area contributed by atoms with Crippen molar-refractivity contribution in [3.8, 4) is 0 Å². The second kappa shape index (κ2) is 7.00. The molecule has 1 heterocycles. The Labute approximate surface area is 117 Å². The molecular weight excluding hydrogens is 258 g/mol. The number of carbonyl (C=O) groups excluding carboxylic acids is 1. The number of amides is 1. The largest absolute Gasteiger partial charge is 0.343 e. The summed E-state index contributed by atoms with van der Waals surface area (Å²) in [5, 5.41) is 13.9. The minimum absolute atomic E-state index is 0.118. The smallest absolute Gasteiger partial charge is 0.269 e. The van der Waals surface area contributed by atoms with Gasteiger partial charge in [-0.05, 0) is 24.9 Å². The molecule has 0 atom stereocenters. The van der Waals surface area contributed by atoms with E-state index in [2.05, 4.69) is 5.32 Å². The number of rotatable bonds is 7. The predicted molar refractivity (Wildman–Crippen MR) is 75.2 cm³/mol. The highest BCUT2D eigenvalue weighted by Gasteiger charge is 2.18. The van der Waals surface area contributed by atoms with E-state index in [0.717, 1.165) is 38.0 Å². The molecule has 1 fully saturated rings. The molecular formula is C14H19N3O3. The van der Waals surface area contributed by atoms with Crippen LogP contribution >= 0.6 is 0 Å². The van der Waals surface area contributed by atoms with Gasteiger partial charge in [-0.25, -0.2) is 0 Å². The van der Waals surface area contributed by atoms with Gasteiger partial charge in [0.05, 0.1) is 4.92 Å². The van der Waals surface area contributed by atoms with Crippen LogP contribution in [0.15, 0.2) is 24.3 Å². The fraction of sp³-hybridized carbons (Fsp3) is 0.500. The normalized spacial score (nSPS) is 14.8. The number of likely N-dealkylation sites (tertiary alicyclic amines) is 1. The van der Waals surface area contributed by atoms with Crippen molar-refractivity contribution in [1.82, 2.24) is 10.2 Å². The van der Waals surface area contributed by atoms with E-state index in [9.17, 15) is 14.9 Å². The number of non-ortho nitro benzene ring substituents is 1. The first-order chi connectivity index (χ1) is 9.66. The molecule has 0 bridgehead atoms. The van der Waals surface area contributed by atoms with Gasteiger partial charge in [0.2, 0.25) is 5.91 Å². The molecule has 0 radical (unpaired) electrons. The van der Waals surface area contributed by atoms with Crippen LogP contribution in [0.2, 0.25) is 0 Å². The molecule has 6 heteroatoms. The van der Waals surface area contributed by atoms with Crippen LogP contribution in [-0.2, 0) is 11.3 Å². The number of nitro groups is 1. The minimum atomic E-state index is -0.386. The zero-order valence-corrected chi connectivity index (χ0v) is 11.4. The summed E-state index contributed by atoms with van der Waals surface area (Å²) in [6.07, 6.45) is 2.56. The second-order valence-electron chi connectivity index (χ2n) is 4.94. The van der Waals surface area contributed by atoms with E-state index in [1.807, 2.05) is 11.0 Å². The molecule has 0 unspecified atom stereocenters. The molecule has 6 nitrogen and oxygen atoms in total. The van der Waals surface area contributed by atoms with Crippen molar-refractivity contribution in [2.45, 2.75) is 25.8 Å². The van der Waals surface area contributed by atoms with Gasteiger partial charge in [0.1, 0.15) is 0 Å². The number of nitrogens with one attached hydrogen (secondary N) is 1. The highest BCUT2D eigenvalue weighted by molar-refractivity contribution is 5.77. The molecule has 0 aromatic heterocycles. The molecule has 1 N–H and O–H groups in total. The Kier molecular flexibility index (Phi) is 5.06. The minimum Gasteiger partial charge on any atom is -0.343 e. The SMILES string of the molecule is O=C1CCCN1CCCNCc1cccc([N+](=O)[O-])c1. The van der Waals surface area contributed by atoms with E-state index in [1.54, 1.807) is 12.1 Å². The molecule has 1 aliphatic rings. The standard InChI is InChI=1S/C14H19N3O3/c18-14-6-2-8-16(14)9-3-7-15-11-12-4-1-5-13(10-12)17(19)20/h1,4-5,10,15H,2-3,6-9,11H2. The van der Waals surface area contributed by atoms with E-state index in [-0.39, 0.29) is 16.5 Å². The predicted octanol–water partition coefficient (Wildman–Crippen LogP) is 1.70. The summed E-state index contributed by atoms with van der Waals surface area (Å²) < 4.78 is 0. The van der Waals surface area contributed by atoms with Crippen molar-refractivity contribution in [2.75, 3.05) is 19.6 Å². The topological polar surface area (TPSA) is 75.5 Å². The average Bonchev–Trinajstić information content (AvgIpc) is 2.84. The summed E-state index contributed by atoms with van der Waals surface area (Å²) in [6, 6.07) is 6.63. The number of benzene rings is 1. The number of nitrogens with zero attached hydrogens (tertiary/aromatic N) is 2. The van der Waals surface area contributed by atoms with E-state index in [4.69, 9.17) is 0 Å². The highest BCUT2D eigenvalue weighted by atomic mass is 16.6. The third-order valence-corrected chi connectivity index (χ3v) is 3.40. The molecule has 1 aromatic rings. The van der Waals surface area contributed by atoms with Crippen molar-refractivity contribution >= 4 is 11.6 Å². The van der Waals surface area contributed by atoms with Crippen LogP contribution < -0.4 is 5.32 Å². The lowest BCUT2D eigenvalue weighted by atomic mass is 10.2. The van der Waals surface area contributed by atoms with Crippen molar-refractivity contribution in [1.29, 1.82) is 0 Å². The maximum absolute atomic E-state index is 11.4. The van der Waals surface area contributed by atoms with Gasteiger partial charge >= 0.3 is 0 Å². The maximum Gasteiger partial charge on any atom is 0.269 e. The molecule has 0 spiro atoms. The van der Waals surface area contributed by atoms with Gasteiger partial charge in [-0.1, -0.05) is 12.1 Å². The third-order valence-electron chi connectivity index (χ3n) is 3.40. The lowest BCUT2D eigenvalue weighted by Crippen LogP contribution is -2.28. The lowest BCUT2D eigenvalue weighted by molar-refractivity contribution is -0.384. The number of nitro benzene ring substituents is 1. The molecule has 0 aliphatic carbocycles. The summed E-state index contributed by atoms with van der Waals surface area (Å²) in [7, 11) is 0. The molecule has 2 rings (SSSR count).